The van der Waals surface area contributed by atoms with Crippen LogP contribution in [0, 0.1) is 0 Å². The SMILES string of the molecule is COc1ccc(/C(=C\c2ccccc2N)C(=O)O)cc1. The lowest BCUT2D eigenvalue weighted by Crippen LogP contribution is -2.00. The van der Waals surface area contributed by atoms with Crippen LogP contribution in [0.25, 0.3) is 11.6 Å². The van der Waals surface area contributed by atoms with Gasteiger partial charge in [-0.3, -0.25) is 0 Å². The van der Waals surface area contributed by atoms with Crippen LogP contribution in [0.4, 0.5) is 5.69 Å². The van der Waals surface area contributed by atoms with Gasteiger partial charge >= 0.3 is 5.97 Å². The first kappa shape index (κ1) is 13.7. The third kappa shape index (κ3) is 2.98. The summed E-state index contributed by atoms with van der Waals surface area (Å²) < 4.78 is 5.06. The predicted octanol–water partition coefficient (Wildman–Crippen LogP) is 2.90. The van der Waals surface area contributed by atoms with Crippen molar-refractivity contribution in [1.29, 1.82) is 0 Å². The Labute approximate surface area is 117 Å². The normalized spacial score (nSPS) is 11.2. The van der Waals surface area contributed by atoms with E-state index in [0.717, 1.165) is 0 Å². The van der Waals surface area contributed by atoms with Crippen molar-refractivity contribution in [3.63, 3.8) is 0 Å². The third-order valence-corrected chi connectivity index (χ3v) is 2.93. The number of rotatable bonds is 4. The maximum atomic E-state index is 11.4. The second kappa shape index (κ2) is 5.93. The van der Waals surface area contributed by atoms with Gasteiger partial charge < -0.3 is 15.6 Å². The first-order valence-electron chi connectivity index (χ1n) is 6.05. The number of para-hydroxylation sites is 1. The van der Waals surface area contributed by atoms with Crippen LogP contribution < -0.4 is 10.5 Å². The molecule has 0 fully saturated rings. The molecule has 0 aliphatic rings. The summed E-state index contributed by atoms with van der Waals surface area (Å²) in [5.41, 5.74) is 7.84. The molecule has 20 heavy (non-hydrogen) atoms. The largest absolute Gasteiger partial charge is 0.497 e. The van der Waals surface area contributed by atoms with Crippen molar-refractivity contribution in [2.75, 3.05) is 12.8 Å². The highest BCUT2D eigenvalue weighted by Crippen LogP contribution is 2.23. The van der Waals surface area contributed by atoms with Crippen molar-refractivity contribution in [3.8, 4) is 5.75 Å². The molecule has 0 spiro atoms. The molecule has 0 saturated heterocycles. The van der Waals surface area contributed by atoms with Gasteiger partial charge in [0.1, 0.15) is 5.75 Å². The van der Waals surface area contributed by atoms with Gasteiger partial charge in [0.05, 0.1) is 12.7 Å². The molecule has 0 atom stereocenters. The molecular weight excluding hydrogens is 254 g/mol. The zero-order chi connectivity index (χ0) is 14.5. The number of nitrogens with two attached hydrogens (primary N) is 1. The Hall–Kier alpha value is -2.75. The van der Waals surface area contributed by atoms with Crippen LogP contribution in [-0.2, 0) is 4.79 Å². The first-order chi connectivity index (χ1) is 9.61. The quantitative estimate of drug-likeness (QED) is 0.508. The van der Waals surface area contributed by atoms with E-state index in [4.69, 9.17) is 10.5 Å². The van der Waals surface area contributed by atoms with Gasteiger partial charge in [0, 0.05) is 5.69 Å². The lowest BCUT2D eigenvalue weighted by atomic mass is 10.0. The van der Waals surface area contributed by atoms with Gasteiger partial charge in [0.25, 0.3) is 0 Å². The molecule has 0 aliphatic heterocycles. The summed E-state index contributed by atoms with van der Waals surface area (Å²) in [6.07, 6.45) is 1.57. The molecule has 0 heterocycles. The molecule has 0 aliphatic carbocycles. The Kier molecular flexibility index (Phi) is 4.05. The van der Waals surface area contributed by atoms with Crippen molar-refractivity contribution in [1.82, 2.24) is 0 Å². The fourth-order valence-electron chi connectivity index (χ4n) is 1.84. The van der Waals surface area contributed by atoms with Crippen LogP contribution in [0.3, 0.4) is 0 Å². The van der Waals surface area contributed by atoms with Gasteiger partial charge in [-0.2, -0.15) is 0 Å². The average molecular weight is 269 g/mol. The molecule has 0 saturated carbocycles. The summed E-state index contributed by atoms with van der Waals surface area (Å²) in [6, 6.07) is 14.0. The van der Waals surface area contributed by atoms with E-state index < -0.39 is 5.97 Å². The topological polar surface area (TPSA) is 72.5 Å². The number of methoxy groups -OCH3 is 1. The highest BCUT2D eigenvalue weighted by molar-refractivity contribution is 6.21. The number of carboxylic acids is 1. The van der Waals surface area contributed by atoms with Gasteiger partial charge in [-0.1, -0.05) is 30.3 Å². The fraction of sp³-hybridized carbons (Fsp3) is 0.0625. The molecule has 4 heteroatoms. The highest BCUT2D eigenvalue weighted by Gasteiger charge is 2.11. The standard InChI is InChI=1S/C16H15NO3/c1-20-13-8-6-11(7-9-13)14(16(18)19)10-12-4-2-3-5-15(12)17/h2-10H,17H2,1H3,(H,18,19)/b14-10+. The second-order valence-electron chi connectivity index (χ2n) is 4.22. The van der Waals surface area contributed by atoms with E-state index in [0.29, 0.717) is 22.6 Å². The summed E-state index contributed by atoms with van der Waals surface area (Å²) in [6.45, 7) is 0. The number of carboxylic acid groups (broad SMARTS) is 1. The monoisotopic (exact) mass is 269 g/mol. The lowest BCUT2D eigenvalue weighted by molar-refractivity contribution is -0.130. The minimum absolute atomic E-state index is 0.186. The van der Waals surface area contributed by atoms with Crippen molar-refractivity contribution >= 4 is 23.3 Å². The molecule has 0 bridgehead atoms. The van der Waals surface area contributed by atoms with Crippen LogP contribution >= 0.6 is 0 Å². The number of hydrogen-bond acceptors (Lipinski definition) is 3. The van der Waals surface area contributed by atoms with Gasteiger partial charge in [0.15, 0.2) is 0 Å². The van der Waals surface area contributed by atoms with Gasteiger partial charge in [-0.15, -0.1) is 0 Å². The van der Waals surface area contributed by atoms with E-state index in [-0.39, 0.29) is 5.57 Å². The van der Waals surface area contributed by atoms with Gasteiger partial charge in [0.2, 0.25) is 0 Å². The number of ether oxygens (including phenoxy) is 1. The maximum Gasteiger partial charge on any atom is 0.336 e. The van der Waals surface area contributed by atoms with Crippen LogP contribution in [0.15, 0.2) is 48.5 Å². The Bertz CT molecular complexity index is 645. The van der Waals surface area contributed by atoms with Crippen molar-refractivity contribution in [2.45, 2.75) is 0 Å². The van der Waals surface area contributed by atoms with Crippen LogP contribution in [-0.4, -0.2) is 18.2 Å². The molecule has 102 valence electrons. The molecule has 2 aromatic carbocycles. The maximum absolute atomic E-state index is 11.4. The van der Waals surface area contributed by atoms with Crippen LogP contribution in [0.1, 0.15) is 11.1 Å². The number of benzene rings is 2. The van der Waals surface area contributed by atoms with Crippen molar-refractivity contribution < 1.29 is 14.6 Å². The summed E-state index contributed by atoms with van der Waals surface area (Å²) in [4.78, 5) is 11.4. The molecular formula is C16H15NO3. The first-order valence-corrected chi connectivity index (χ1v) is 6.05. The lowest BCUT2D eigenvalue weighted by Gasteiger charge is -2.06. The molecule has 3 N–H and O–H groups in total. The van der Waals surface area contributed by atoms with Crippen LogP contribution in [0.5, 0.6) is 5.75 Å². The van der Waals surface area contributed by atoms with Crippen molar-refractivity contribution in [2.24, 2.45) is 0 Å². The van der Waals surface area contributed by atoms with Gasteiger partial charge in [-0.05, 0) is 35.4 Å². The fourth-order valence-corrected chi connectivity index (χ4v) is 1.84. The Balaban J connectivity index is 2.46. The van der Waals surface area contributed by atoms with E-state index in [1.165, 1.54) is 0 Å². The van der Waals surface area contributed by atoms with Crippen molar-refractivity contribution in [3.05, 3.63) is 59.7 Å². The highest BCUT2D eigenvalue weighted by atomic mass is 16.5. The zero-order valence-electron chi connectivity index (χ0n) is 11.0. The van der Waals surface area contributed by atoms with E-state index in [9.17, 15) is 9.90 Å². The third-order valence-electron chi connectivity index (χ3n) is 2.93. The number of hydrogen-bond donors (Lipinski definition) is 2. The smallest absolute Gasteiger partial charge is 0.336 e. The van der Waals surface area contributed by atoms with Gasteiger partial charge in [-0.25, -0.2) is 4.79 Å². The second-order valence-corrected chi connectivity index (χ2v) is 4.22. The number of aliphatic carboxylic acids is 1. The zero-order valence-corrected chi connectivity index (χ0v) is 11.0. The average Bonchev–Trinajstić information content (AvgIpc) is 2.46. The minimum atomic E-state index is -1.00. The molecule has 0 aromatic heterocycles. The summed E-state index contributed by atoms with van der Waals surface area (Å²) >= 11 is 0. The molecule has 2 rings (SSSR count). The predicted molar refractivity (Wildman–Crippen MR) is 79.4 cm³/mol. The number of anilines is 1. The molecule has 0 radical (unpaired) electrons. The minimum Gasteiger partial charge on any atom is -0.497 e. The molecule has 4 nitrogen and oxygen atoms in total. The number of carbonyl (C=O) groups is 1. The van der Waals surface area contributed by atoms with E-state index >= 15 is 0 Å². The van der Waals surface area contributed by atoms with E-state index in [2.05, 4.69) is 0 Å². The van der Waals surface area contributed by atoms with E-state index in [1.54, 1.807) is 55.7 Å². The summed E-state index contributed by atoms with van der Waals surface area (Å²) in [5.74, 6) is -0.323. The number of nitrogen functional groups attached to an aromatic ring is 1. The molecule has 2 aromatic rings. The summed E-state index contributed by atoms with van der Waals surface area (Å²) in [7, 11) is 1.56. The Morgan fingerprint density at radius 1 is 1.15 bits per heavy atom. The Morgan fingerprint density at radius 3 is 2.35 bits per heavy atom. The van der Waals surface area contributed by atoms with E-state index in [1.807, 2.05) is 6.07 Å². The Morgan fingerprint density at radius 2 is 1.80 bits per heavy atom. The molecule has 0 unspecified atom stereocenters. The molecule has 0 amide bonds. The summed E-state index contributed by atoms with van der Waals surface area (Å²) in [5, 5.41) is 9.37. The van der Waals surface area contributed by atoms with Crippen LogP contribution in [0.2, 0.25) is 0 Å².